The van der Waals surface area contributed by atoms with Gasteiger partial charge in [0.15, 0.2) is 0 Å². The minimum Gasteiger partial charge on any atom is -0.489 e. The summed E-state index contributed by atoms with van der Waals surface area (Å²) in [6, 6.07) is 24.9. The zero-order valence-electron chi connectivity index (χ0n) is 20.2. The van der Waals surface area contributed by atoms with Crippen molar-refractivity contribution in [2.45, 2.75) is 19.7 Å². The zero-order valence-corrected chi connectivity index (χ0v) is 20.2. The van der Waals surface area contributed by atoms with Crippen LogP contribution in [-0.4, -0.2) is 9.91 Å². The molecule has 1 heterocycles. The molecule has 8 heteroatoms. The Morgan fingerprint density at radius 3 is 2.34 bits per heavy atom. The highest BCUT2D eigenvalue weighted by Crippen LogP contribution is 2.42. The third-order valence-electron chi connectivity index (χ3n) is 6.31. The lowest BCUT2D eigenvalue weighted by molar-refractivity contribution is -0.384. The molecule has 0 unspecified atom stereocenters. The fourth-order valence-electron chi connectivity index (χ4n) is 4.46. The van der Waals surface area contributed by atoms with E-state index >= 15 is 0 Å². The number of pyridine rings is 1. The van der Waals surface area contributed by atoms with Gasteiger partial charge in [0.1, 0.15) is 12.4 Å². The fraction of sp³-hybridized carbons (Fsp3) is 0.100. The number of para-hydroxylation sites is 1. The molecule has 0 radical (unpaired) electrons. The van der Waals surface area contributed by atoms with E-state index in [4.69, 9.17) is 4.74 Å². The first-order valence-corrected chi connectivity index (χ1v) is 11.7. The van der Waals surface area contributed by atoms with E-state index in [0.29, 0.717) is 27.8 Å². The van der Waals surface area contributed by atoms with Gasteiger partial charge < -0.3 is 4.74 Å². The second-order valence-corrected chi connectivity index (χ2v) is 8.80. The molecule has 0 atom stereocenters. The van der Waals surface area contributed by atoms with Crippen LogP contribution in [0.5, 0.6) is 5.75 Å². The van der Waals surface area contributed by atoms with Crippen LogP contribution in [0.15, 0.2) is 97.2 Å². The van der Waals surface area contributed by atoms with E-state index in [1.165, 1.54) is 24.4 Å². The monoisotopic (exact) mass is 514 g/mol. The molecule has 0 aliphatic rings. The van der Waals surface area contributed by atoms with Crippen LogP contribution in [0.4, 0.5) is 18.9 Å². The van der Waals surface area contributed by atoms with Crippen LogP contribution in [0, 0.1) is 17.0 Å². The van der Waals surface area contributed by atoms with Crippen molar-refractivity contribution in [1.82, 2.24) is 4.98 Å². The van der Waals surface area contributed by atoms with Gasteiger partial charge >= 0.3 is 6.18 Å². The zero-order chi connectivity index (χ0) is 26.9. The quantitative estimate of drug-likeness (QED) is 0.169. The number of fused-ring (bicyclic) bond motifs is 1. The Bertz CT molecular complexity index is 1650. The predicted octanol–water partition coefficient (Wildman–Crippen LogP) is 8.38. The molecule has 0 bridgehead atoms. The molecule has 0 N–H and O–H groups in total. The van der Waals surface area contributed by atoms with E-state index in [1.54, 1.807) is 36.4 Å². The van der Waals surface area contributed by atoms with E-state index in [9.17, 15) is 23.3 Å². The Morgan fingerprint density at radius 2 is 1.63 bits per heavy atom. The second-order valence-electron chi connectivity index (χ2n) is 8.80. The topological polar surface area (TPSA) is 65.3 Å². The summed E-state index contributed by atoms with van der Waals surface area (Å²) in [6.07, 6.45) is -3.05. The van der Waals surface area contributed by atoms with Crippen molar-refractivity contribution in [1.29, 1.82) is 0 Å². The fourth-order valence-corrected chi connectivity index (χ4v) is 4.46. The molecule has 0 saturated carbocycles. The number of hydrogen-bond donors (Lipinski definition) is 0. The summed E-state index contributed by atoms with van der Waals surface area (Å²) in [5, 5.41) is 11.3. The average molecular weight is 515 g/mol. The summed E-state index contributed by atoms with van der Waals surface area (Å²) in [4.78, 5) is 14.7. The average Bonchev–Trinajstić information content (AvgIpc) is 2.91. The van der Waals surface area contributed by atoms with Crippen LogP contribution in [0.2, 0.25) is 0 Å². The summed E-state index contributed by atoms with van der Waals surface area (Å²) in [5.74, 6) is 0.508. The maximum Gasteiger partial charge on any atom is 0.418 e. The van der Waals surface area contributed by atoms with Crippen LogP contribution in [-0.2, 0) is 12.8 Å². The van der Waals surface area contributed by atoms with Gasteiger partial charge in [0.05, 0.1) is 16.0 Å². The van der Waals surface area contributed by atoms with Crippen molar-refractivity contribution in [3.63, 3.8) is 0 Å². The van der Waals surface area contributed by atoms with Crippen molar-refractivity contribution < 1.29 is 22.8 Å². The number of hydrogen-bond acceptors (Lipinski definition) is 4. The molecule has 4 aromatic carbocycles. The molecule has 0 amide bonds. The highest BCUT2D eigenvalue weighted by molar-refractivity contribution is 6.03. The Hall–Kier alpha value is -4.72. The Morgan fingerprint density at radius 1 is 0.895 bits per heavy atom. The van der Waals surface area contributed by atoms with Gasteiger partial charge in [-0.15, -0.1) is 0 Å². The molecule has 0 spiro atoms. The van der Waals surface area contributed by atoms with Gasteiger partial charge in [0.2, 0.25) is 0 Å². The van der Waals surface area contributed by atoms with Crippen molar-refractivity contribution >= 4 is 16.6 Å². The van der Waals surface area contributed by atoms with Crippen LogP contribution in [0.25, 0.3) is 33.2 Å². The van der Waals surface area contributed by atoms with E-state index in [2.05, 4.69) is 4.98 Å². The van der Waals surface area contributed by atoms with Crippen LogP contribution in [0.3, 0.4) is 0 Å². The number of rotatable bonds is 6. The number of ether oxygens (including phenoxy) is 1. The lowest BCUT2D eigenvalue weighted by Crippen LogP contribution is -2.07. The first-order valence-electron chi connectivity index (χ1n) is 11.7. The SMILES string of the molecule is Cc1ccccc1-c1cnc2c(C(F)(F)F)cccc2c1-c1cccc(OCc2ccc([N+](=O)[O-])cc2)c1. The maximum atomic E-state index is 13.8. The second kappa shape index (κ2) is 9.97. The molecule has 5 rings (SSSR count). The van der Waals surface area contributed by atoms with Crippen molar-refractivity contribution in [2.24, 2.45) is 0 Å². The molecule has 38 heavy (non-hydrogen) atoms. The smallest absolute Gasteiger partial charge is 0.418 e. The third kappa shape index (κ3) is 4.93. The number of nitro groups is 1. The molecule has 190 valence electrons. The van der Waals surface area contributed by atoms with E-state index in [1.807, 2.05) is 37.3 Å². The summed E-state index contributed by atoms with van der Waals surface area (Å²) >= 11 is 0. The number of benzene rings is 4. The van der Waals surface area contributed by atoms with Gasteiger partial charge in [0, 0.05) is 34.8 Å². The van der Waals surface area contributed by atoms with Gasteiger partial charge in [-0.25, -0.2) is 0 Å². The summed E-state index contributed by atoms with van der Waals surface area (Å²) in [5.41, 5.74) is 3.66. The molecule has 0 aliphatic carbocycles. The van der Waals surface area contributed by atoms with Crippen LogP contribution < -0.4 is 4.74 Å². The van der Waals surface area contributed by atoms with Crippen molar-refractivity contribution in [3.05, 3.63) is 124 Å². The summed E-state index contributed by atoms with van der Waals surface area (Å²) in [6.45, 7) is 2.11. The van der Waals surface area contributed by atoms with Gasteiger partial charge in [-0.1, -0.05) is 48.5 Å². The molecule has 5 aromatic rings. The third-order valence-corrected chi connectivity index (χ3v) is 6.31. The lowest BCUT2D eigenvalue weighted by atomic mass is 9.90. The highest BCUT2D eigenvalue weighted by atomic mass is 19.4. The van der Waals surface area contributed by atoms with Crippen molar-refractivity contribution in [2.75, 3.05) is 0 Å². The van der Waals surface area contributed by atoms with Crippen molar-refractivity contribution in [3.8, 4) is 28.0 Å². The number of alkyl halides is 3. The minimum atomic E-state index is -4.55. The number of aromatic nitrogens is 1. The molecular formula is C30H21F3N2O3. The van der Waals surface area contributed by atoms with E-state index < -0.39 is 16.7 Å². The van der Waals surface area contributed by atoms with E-state index in [-0.39, 0.29) is 17.8 Å². The highest BCUT2D eigenvalue weighted by Gasteiger charge is 2.33. The molecule has 0 aliphatic heterocycles. The Kier molecular flexibility index (Phi) is 6.55. The minimum absolute atomic E-state index is 0.0118. The summed E-state index contributed by atoms with van der Waals surface area (Å²) in [7, 11) is 0. The lowest BCUT2D eigenvalue weighted by Gasteiger charge is -2.18. The standard InChI is InChI=1S/C30H21F3N2O3/c1-19-6-2-3-9-24(19)26-17-34-29-25(10-5-11-27(29)30(31,32)33)28(26)21-7-4-8-23(16-21)38-18-20-12-14-22(15-13-20)35(36)37/h2-17H,18H2,1H3. The summed E-state index contributed by atoms with van der Waals surface area (Å²) < 4.78 is 47.5. The van der Waals surface area contributed by atoms with E-state index in [0.717, 1.165) is 22.8 Å². The molecule has 0 fully saturated rings. The molecule has 1 aromatic heterocycles. The van der Waals surface area contributed by atoms with Gasteiger partial charge in [-0.3, -0.25) is 15.1 Å². The molecule has 5 nitrogen and oxygen atoms in total. The van der Waals surface area contributed by atoms with Gasteiger partial charge in [0.25, 0.3) is 5.69 Å². The Balaban J connectivity index is 1.61. The first kappa shape index (κ1) is 25.0. The van der Waals surface area contributed by atoms with Gasteiger partial charge in [-0.2, -0.15) is 13.2 Å². The van der Waals surface area contributed by atoms with Crippen LogP contribution in [0.1, 0.15) is 16.7 Å². The number of halogens is 3. The predicted molar refractivity (Wildman–Crippen MR) is 140 cm³/mol. The first-order chi connectivity index (χ1) is 18.2. The number of nitrogens with zero attached hydrogens (tertiary/aromatic N) is 2. The van der Waals surface area contributed by atoms with Gasteiger partial charge in [-0.05, 0) is 59.5 Å². The number of aryl methyl sites for hydroxylation is 1. The largest absolute Gasteiger partial charge is 0.489 e. The Labute approximate surface area is 216 Å². The molecular weight excluding hydrogens is 493 g/mol. The molecule has 0 saturated heterocycles. The normalized spacial score (nSPS) is 11.5. The van der Waals surface area contributed by atoms with Crippen LogP contribution >= 0.6 is 0 Å². The number of nitro benzene ring substituents is 1. The maximum absolute atomic E-state index is 13.8. The number of non-ortho nitro benzene ring substituents is 1.